The summed E-state index contributed by atoms with van der Waals surface area (Å²) in [5.74, 6) is 0.475. The molecule has 1 aliphatic rings. The van der Waals surface area contributed by atoms with Gasteiger partial charge >= 0.3 is 0 Å². The van der Waals surface area contributed by atoms with Crippen molar-refractivity contribution in [3.63, 3.8) is 0 Å². The van der Waals surface area contributed by atoms with Crippen molar-refractivity contribution in [2.24, 2.45) is 0 Å². The summed E-state index contributed by atoms with van der Waals surface area (Å²) in [5, 5.41) is 0. The highest BCUT2D eigenvalue weighted by Crippen LogP contribution is 2.30. The van der Waals surface area contributed by atoms with Crippen LogP contribution in [0.2, 0.25) is 0 Å². The third-order valence-corrected chi connectivity index (χ3v) is 5.06. The molecule has 2 amide bonds. The van der Waals surface area contributed by atoms with Crippen LogP contribution in [0.5, 0.6) is 5.75 Å². The number of hydrogen-bond donors (Lipinski definition) is 0. The Balaban J connectivity index is 1.91. The van der Waals surface area contributed by atoms with Gasteiger partial charge in [-0.3, -0.25) is 14.6 Å². The predicted molar refractivity (Wildman–Crippen MR) is 104 cm³/mol. The van der Waals surface area contributed by atoms with E-state index in [4.69, 9.17) is 4.74 Å². The van der Waals surface area contributed by atoms with Gasteiger partial charge in [-0.05, 0) is 49.6 Å². The van der Waals surface area contributed by atoms with Crippen molar-refractivity contribution in [2.75, 3.05) is 27.7 Å². The topological polar surface area (TPSA) is 62.7 Å². The Labute approximate surface area is 159 Å². The van der Waals surface area contributed by atoms with E-state index < -0.39 is 6.04 Å². The molecule has 1 aromatic heterocycles. The Morgan fingerprint density at radius 2 is 2.07 bits per heavy atom. The quantitative estimate of drug-likeness (QED) is 0.834. The Bertz CT molecular complexity index is 823. The molecule has 1 aromatic carbocycles. The summed E-state index contributed by atoms with van der Waals surface area (Å²) in [6.45, 7) is 0.740. The second kappa shape index (κ2) is 8.20. The summed E-state index contributed by atoms with van der Waals surface area (Å²) >= 11 is 0. The van der Waals surface area contributed by atoms with Crippen LogP contribution < -0.4 is 4.74 Å². The average Bonchev–Trinajstić information content (AvgIpc) is 2.88. The van der Waals surface area contributed by atoms with Crippen LogP contribution in [0.4, 0.5) is 0 Å². The molecule has 0 saturated carbocycles. The Morgan fingerprint density at radius 3 is 2.78 bits per heavy atom. The van der Waals surface area contributed by atoms with Gasteiger partial charge in [-0.15, -0.1) is 0 Å². The maximum Gasteiger partial charge on any atom is 0.254 e. The number of carbonyl (C=O) groups excluding carboxylic acids is 2. The number of benzene rings is 1. The molecule has 1 unspecified atom stereocenters. The molecule has 2 aromatic rings. The van der Waals surface area contributed by atoms with Crippen LogP contribution in [0.25, 0.3) is 11.3 Å². The van der Waals surface area contributed by atoms with E-state index in [1.54, 1.807) is 55.4 Å². The van der Waals surface area contributed by atoms with Gasteiger partial charge < -0.3 is 14.5 Å². The van der Waals surface area contributed by atoms with Gasteiger partial charge in [-0.2, -0.15) is 0 Å². The van der Waals surface area contributed by atoms with Gasteiger partial charge in [0.25, 0.3) is 5.91 Å². The smallest absolute Gasteiger partial charge is 0.254 e. The fourth-order valence-electron chi connectivity index (χ4n) is 3.44. The first kappa shape index (κ1) is 18.9. The maximum absolute atomic E-state index is 13.1. The first-order chi connectivity index (χ1) is 13.0. The number of likely N-dealkylation sites (tertiary alicyclic amines) is 1. The number of aromatic nitrogens is 1. The molecule has 0 spiro atoms. The van der Waals surface area contributed by atoms with E-state index in [-0.39, 0.29) is 11.8 Å². The van der Waals surface area contributed by atoms with Gasteiger partial charge in [0.15, 0.2) is 0 Å². The Morgan fingerprint density at radius 1 is 1.26 bits per heavy atom. The number of rotatable bonds is 4. The molecular formula is C21H25N3O3. The van der Waals surface area contributed by atoms with Gasteiger partial charge in [0.1, 0.15) is 11.8 Å². The molecule has 0 N–H and O–H groups in total. The fourth-order valence-corrected chi connectivity index (χ4v) is 3.44. The van der Waals surface area contributed by atoms with E-state index in [0.717, 1.165) is 30.6 Å². The van der Waals surface area contributed by atoms with Crippen LogP contribution in [-0.2, 0) is 4.79 Å². The van der Waals surface area contributed by atoms with E-state index in [2.05, 4.69) is 4.98 Å². The zero-order valence-corrected chi connectivity index (χ0v) is 16.0. The number of pyridine rings is 1. The summed E-state index contributed by atoms with van der Waals surface area (Å²) in [5.41, 5.74) is 2.00. The molecule has 1 saturated heterocycles. The highest BCUT2D eigenvalue weighted by molar-refractivity contribution is 5.98. The van der Waals surface area contributed by atoms with E-state index in [9.17, 15) is 9.59 Å². The molecule has 0 bridgehead atoms. The minimum atomic E-state index is -0.426. The lowest BCUT2D eigenvalue weighted by Crippen LogP contribution is -2.47. The second-order valence-corrected chi connectivity index (χ2v) is 6.82. The molecular weight excluding hydrogens is 342 g/mol. The molecule has 6 nitrogen and oxygen atoms in total. The minimum Gasteiger partial charge on any atom is -0.496 e. The summed E-state index contributed by atoms with van der Waals surface area (Å²) in [4.78, 5) is 33.3. The summed E-state index contributed by atoms with van der Waals surface area (Å²) < 4.78 is 5.43. The van der Waals surface area contributed by atoms with Crippen molar-refractivity contribution < 1.29 is 14.3 Å². The zero-order chi connectivity index (χ0) is 19.4. The van der Waals surface area contributed by atoms with E-state index in [1.165, 1.54) is 0 Å². The normalized spacial score (nSPS) is 17.4. The molecule has 2 heterocycles. The second-order valence-electron chi connectivity index (χ2n) is 6.82. The molecule has 27 heavy (non-hydrogen) atoms. The van der Waals surface area contributed by atoms with Crippen molar-refractivity contribution in [1.29, 1.82) is 0 Å². The lowest BCUT2D eigenvalue weighted by atomic mass is 10.0. The maximum atomic E-state index is 13.1. The standard InChI is InChI=1S/C21H25N3O3/c1-23-13-7-5-9-18(21(23)26)24(2)20(25)15-10-11-19(27-3)16(14-15)17-8-4-6-12-22-17/h4,6,8,10-12,14,18H,5,7,9,13H2,1-3H3. The van der Waals surface area contributed by atoms with Crippen LogP contribution in [-0.4, -0.2) is 60.4 Å². The van der Waals surface area contributed by atoms with Crippen molar-refractivity contribution in [3.05, 3.63) is 48.2 Å². The van der Waals surface area contributed by atoms with Gasteiger partial charge in [0.05, 0.1) is 12.8 Å². The van der Waals surface area contributed by atoms with Crippen molar-refractivity contribution in [2.45, 2.75) is 25.3 Å². The molecule has 3 rings (SSSR count). The summed E-state index contributed by atoms with van der Waals surface area (Å²) in [6, 6.07) is 10.5. The summed E-state index contributed by atoms with van der Waals surface area (Å²) in [6.07, 6.45) is 4.29. The van der Waals surface area contributed by atoms with Crippen LogP contribution in [0.3, 0.4) is 0 Å². The van der Waals surface area contributed by atoms with Crippen LogP contribution >= 0.6 is 0 Å². The van der Waals surface area contributed by atoms with Gasteiger partial charge in [0.2, 0.25) is 5.91 Å². The number of likely N-dealkylation sites (N-methyl/N-ethyl adjacent to an activating group) is 2. The van der Waals surface area contributed by atoms with Crippen molar-refractivity contribution in [3.8, 4) is 17.0 Å². The lowest BCUT2D eigenvalue weighted by molar-refractivity contribution is -0.133. The number of ether oxygens (including phenoxy) is 1. The zero-order valence-electron chi connectivity index (χ0n) is 16.0. The van der Waals surface area contributed by atoms with Crippen molar-refractivity contribution in [1.82, 2.24) is 14.8 Å². The first-order valence-electron chi connectivity index (χ1n) is 9.14. The number of carbonyl (C=O) groups is 2. The number of nitrogens with zero attached hydrogens (tertiary/aromatic N) is 3. The van der Waals surface area contributed by atoms with Crippen molar-refractivity contribution >= 4 is 11.8 Å². The van der Waals surface area contributed by atoms with Crippen LogP contribution in [0, 0.1) is 0 Å². The average molecular weight is 367 g/mol. The molecule has 1 aliphatic heterocycles. The Kier molecular flexibility index (Phi) is 5.74. The molecule has 0 aliphatic carbocycles. The minimum absolute atomic E-state index is 0.00168. The molecule has 142 valence electrons. The third kappa shape index (κ3) is 3.94. The third-order valence-electron chi connectivity index (χ3n) is 5.06. The number of methoxy groups -OCH3 is 1. The van der Waals surface area contributed by atoms with Gasteiger partial charge in [-0.25, -0.2) is 0 Å². The van der Waals surface area contributed by atoms with E-state index in [1.807, 2.05) is 18.2 Å². The molecule has 6 heteroatoms. The number of amides is 2. The SMILES string of the molecule is COc1ccc(C(=O)N(C)C2CCCCN(C)C2=O)cc1-c1ccccn1. The van der Waals surface area contributed by atoms with Crippen LogP contribution in [0.15, 0.2) is 42.6 Å². The van der Waals surface area contributed by atoms with E-state index >= 15 is 0 Å². The van der Waals surface area contributed by atoms with Gasteiger partial charge in [-0.1, -0.05) is 6.07 Å². The van der Waals surface area contributed by atoms with Crippen LogP contribution in [0.1, 0.15) is 29.6 Å². The largest absolute Gasteiger partial charge is 0.496 e. The first-order valence-corrected chi connectivity index (χ1v) is 9.14. The monoisotopic (exact) mass is 367 g/mol. The fraction of sp³-hybridized carbons (Fsp3) is 0.381. The highest BCUT2D eigenvalue weighted by atomic mass is 16.5. The van der Waals surface area contributed by atoms with E-state index in [0.29, 0.717) is 17.7 Å². The molecule has 1 fully saturated rings. The van der Waals surface area contributed by atoms with Gasteiger partial charge in [0, 0.05) is 38.0 Å². The molecule has 1 atom stereocenters. The summed E-state index contributed by atoms with van der Waals surface area (Å²) in [7, 11) is 5.09. The molecule has 0 radical (unpaired) electrons. The number of hydrogen-bond acceptors (Lipinski definition) is 4. The highest BCUT2D eigenvalue weighted by Gasteiger charge is 2.31. The lowest BCUT2D eigenvalue weighted by Gasteiger charge is -2.28. The Hall–Kier alpha value is -2.89. The predicted octanol–water partition coefficient (Wildman–Crippen LogP) is 2.84.